The normalized spacial score (nSPS) is 17.1. The van der Waals surface area contributed by atoms with Gasteiger partial charge < -0.3 is 20.0 Å². The van der Waals surface area contributed by atoms with E-state index < -0.39 is 4.92 Å². The van der Waals surface area contributed by atoms with Crippen molar-refractivity contribution < 1.29 is 9.34 Å². The summed E-state index contributed by atoms with van der Waals surface area (Å²) >= 11 is 5.73. The third-order valence-corrected chi connectivity index (χ3v) is 6.51. The standard InChI is InChI=1S/C27H25N5O3S/c33-32(34)22-13-5-4-11-20(22)23-14-15-24(35-23)26-25(21-12-6-7-16-29-21)30-27(36)31(26)18-8-17-28-19-9-2-1-3-10-19/h1-7,9-16,25-26,28H,8,17-18H2,(H,30,36)/t25-,26+/m1/s1. The first kappa shape index (κ1) is 23.5. The number of furan rings is 1. The van der Waals surface area contributed by atoms with Gasteiger partial charge in [0.1, 0.15) is 17.6 Å². The molecule has 0 spiro atoms. The molecule has 1 aliphatic rings. The number of pyridine rings is 1. The molecule has 182 valence electrons. The molecule has 0 bridgehead atoms. The van der Waals surface area contributed by atoms with Crippen LogP contribution in [-0.2, 0) is 0 Å². The number of benzene rings is 2. The van der Waals surface area contributed by atoms with Crippen molar-refractivity contribution in [3.63, 3.8) is 0 Å². The van der Waals surface area contributed by atoms with E-state index in [4.69, 9.17) is 16.6 Å². The summed E-state index contributed by atoms with van der Waals surface area (Å²) in [6.07, 6.45) is 2.60. The number of para-hydroxylation sites is 2. The highest BCUT2D eigenvalue weighted by atomic mass is 32.1. The van der Waals surface area contributed by atoms with Gasteiger partial charge in [-0.05, 0) is 61.1 Å². The Morgan fingerprint density at radius 2 is 1.81 bits per heavy atom. The summed E-state index contributed by atoms with van der Waals surface area (Å²) in [6, 6.07) is 25.6. The first-order valence-corrected chi connectivity index (χ1v) is 12.1. The third kappa shape index (κ3) is 4.92. The van der Waals surface area contributed by atoms with Gasteiger partial charge in [0, 0.05) is 31.0 Å². The Kier molecular flexibility index (Phi) is 6.90. The largest absolute Gasteiger partial charge is 0.459 e. The lowest BCUT2D eigenvalue weighted by Crippen LogP contribution is -2.31. The quantitative estimate of drug-likeness (QED) is 0.131. The number of nitrogens with zero attached hydrogens (tertiary/aromatic N) is 3. The van der Waals surface area contributed by atoms with E-state index in [0.717, 1.165) is 24.3 Å². The molecule has 5 rings (SSSR count). The van der Waals surface area contributed by atoms with Crippen LogP contribution in [0.25, 0.3) is 11.3 Å². The second-order valence-electron chi connectivity index (χ2n) is 8.44. The molecule has 0 aliphatic carbocycles. The zero-order valence-electron chi connectivity index (χ0n) is 19.4. The van der Waals surface area contributed by atoms with Crippen LogP contribution in [0.2, 0.25) is 0 Å². The van der Waals surface area contributed by atoms with Gasteiger partial charge in [-0.25, -0.2) is 0 Å². The molecule has 2 atom stereocenters. The van der Waals surface area contributed by atoms with Gasteiger partial charge in [0.05, 0.1) is 22.2 Å². The molecule has 0 unspecified atom stereocenters. The summed E-state index contributed by atoms with van der Waals surface area (Å²) in [6.45, 7) is 1.48. The minimum atomic E-state index is -0.396. The minimum Gasteiger partial charge on any atom is -0.459 e. The monoisotopic (exact) mass is 499 g/mol. The van der Waals surface area contributed by atoms with E-state index in [0.29, 0.717) is 28.7 Å². The van der Waals surface area contributed by atoms with Crippen LogP contribution >= 0.6 is 12.2 Å². The number of hydrogen-bond acceptors (Lipinski definition) is 6. The Balaban J connectivity index is 1.41. The summed E-state index contributed by atoms with van der Waals surface area (Å²) in [4.78, 5) is 17.8. The van der Waals surface area contributed by atoms with E-state index in [1.54, 1.807) is 30.5 Å². The fourth-order valence-corrected chi connectivity index (χ4v) is 4.82. The zero-order chi connectivity index (χ0) is 24.9. The maximum Gasteiger partial charge on any atom is 0.280 e. The molecule has 0 saturated carbocycles. The van der Waals surface area contributed by atoms with Gasteiger partial charge >= 0.3 is 0 Å². The van der Waals surface area contributed by atoms with Crippen molar-refractivity contribution in [2.45, 2.75) is 18.5 Å². The first-order chi connectivity index (χ1) is 17.6. The van der Waals surface area contributed by atoms with Crippen LogP contribution in [0.5, 0.6) is 0 Å². The molecule has 1 saturated heterocycles. The van der Waals surface area contributed by atoms with Crippen molar-refractivity contribution in [3.05, 3.63) is 113 Å². The minimum absolute atomic E-state index is 0.00332. The average Bonchev–Trinajstić information content (AvgIpc) is 3.52. The molecular formula is C27H25N5O3S. The molecule has 1 fully saturated rings. The third-order valence-electron chi connectivity index (χ3n) is 6.16. The van der Waals surface area contributed by atoms with Gasteiger partial charge in [-0.15, -0.1) is 0 Å². The molecule has 1 aliphatic heterocycles. The van der Waals surface area contributed by atoms with E-state index in [1.165, 1.54) is 6.07 Å². The molecule has 4 aromatic rings. The van der Waals surface area contributed by atoms with Crippen LogP contribution in [0, 0.1) is 10.1 Å². The van der Waals surface area contributed by atoms with Crippen LogP contribution in [0.1, 0.15) is 30.0 Å². The lowest BCUT2D eigenvalue weighted by atomic mass is 10.0. The van der Waals surface area contributed by atoms with E-state index in [-0.39, 0.29) is 17.8 Å². The molecule has 0 amide bonds. The SMILES string of the molecule is O=[N+]([O-])c1ccccc1-c1ccc([C@H]2[C@@H](c3ccccn3)NC(=S)N2CCCNc2ccccc2)o1. The van der Waals surface area contributed by atoms with Crippen LogP contribution in [-0.4, -0.2) is 33.0 Å². The number of nitro groups is 1. The van der Waals surface area contributed by atoms with E-state index in [2.05, 4.69) is 20.5 Å². The van der Waals surface area contributed by atoms with Crippen molar-refractivity contribution in [1.82, 2.24) is 15.2 Å². The molecular weight excluding hydrogens is 474 g/mol. The number of thiocarbonyl (C=S) groups is 1. The average molecular weight is 500 g/mol. The molecule has 2 aromatic heterocycles. The number of aromatic nitrogens is 1. The number of hydrogen-bond donors (Lipinski definition) is 2. The van der Waals surface area contributed by atoms with Crippen molar-refractivity contribution in [1.29, 1.82) is 0 Å². The summed E-state index contributed by atoms with van der Waals surface area (Å²) in [5, 5.41) is 19.0. The topological polar surface area (TPSA) is 96.5 Å². The highest BCUT2D eigenvalue weighted by Crippen LogP contribution is 2.41. The summed E-state index contributed by atoms with van der Waals surface area (Å²) in [7, 11) is 0. The van der Waals surface area contributed by atoms with Gasteiger partial charge in [-0.2, -0.15) is 0 Å². The summed E-state index contributed by atoms with van der Waals surface area (Å²) in [5.74, 6) is 1.11. The Labute approximate surface area is 214 Å². The first-order valence-electron chi connectivity index (χ1n) is 11.7. The van der Waals surface area contributed by atoms with Gasteiger partial charge in [0.15, 0.2) is 5.11 Å². The fraction of sp³-hybridized carbons (Fsp3) is 0.185. The van der Waals surface area contributed by atoms with E-state index in [9.17, 15) is 10.1 Å². The summed E-state index contributed by atoms with van der Waals surface area (Å²) < 4.78 is 6.26. The lowest BCUT2D eigenvalue weighted by Gasteiger charge is -2.26. The second-order valence-corrected chi connectivity index (χ2v) is 8.83. The molecule has 36 heavy (non-hydrogen) atoms. The number of rotatable bonds is 9. The lowest BCUT2D eigenvalue weighted by molar-refractivity contribution is -0.384. The highest BCUT2D eigenvalue weighted by Gasteiger charge is 2.41. The fourth-order valence-electron chi connectivity index (χ4n) is 4.49. The predicted molar refractivity (Wildman–Crippen MR) is 143 cm³/mol. The van der Waals surface area contributed by atoms with Gasteiger partial charge in [-0.1, -0.05) is 36.4 Å². The number of nitro benzene ring substituents is 1. The highest BCUT2D eigenvalue weighted by molar-refractivity contribution is 7.80. The van der Waals surface area contributed by atoms with Crippen LogP contribution < -0.4 is 10.6 Å². The van der Waals surface area contributed by atoms with Gasteiger partial charge in [0.2, 0.25) is 0 Å². The van der Waals surface area contributed by atoms with Gasteiger partial charge in [0.25, 0.3) is 5.69 Å². The van der Waals surface area contributed by atoms with Crippen molar-refractivity contribution in [2.75, 3.05) is 18.4 Å². The van der Waals surface area contributed by atoms with Crippen molar-refractivity contribution in [2.24, 2.45) is 0 Å². The predicted octanol–water partition coefficient (Wildman–Crippen LogP) is 5.72. The maximum absolute atomic E-state index is 11.6. The van der Waals surface area contributed by atoms with E-state index >= 15 is 0 Å². The second kappa shape index (κ2) is 10.6. The molecule has 2 aromatic carbocycles. The Hall–Kier alpha value is -4.24. The molecule has 8 nitrogen and oxygen atoms in total. The maximum atomic E-state index is 11.6. The Bertz CT molecular complexity index is 1350. The van der Waals surface area contributed by atoms with Gasteiger partial charge in [-0.3, -0.25) is 15.1 Å². The van der Waals surface area contributed by atoms with Crippen LogP contribution in [0.4, 0.5) is 11.4 Å². The molecule has 2 N–H and O–H groups in total. The van der Waals surface area contributed by atoms with Crippen molar-refractivity contribution in [3.8, 4) is 11.3 Å². The molecule has 9 heteroatoms. The molecule has 3 heterocycles. The Morgan fingerprint density at radius 1 is 1.03 bits per heavy atom. The van der Waals surface area contributed by atoms with Crippen molar-refractivity contribution >= 4 is 28.7 Å². The Morgan fingerprint density at radius 3 is 2.58 bits per heavy atom. The van der Waals surface area contributed by atoms with Crippen LogP contribution in [0.15, 0.2) is 95.5 Å². The summed E-state index contributed by atoms with van der Waals surface area (Å²) in [5.41, 5.74) is 2.36. The number of anilines is 1. The van der Waals surface area contributed by atoms with Crippen LogP contribution in [0.3, 0.4) is 0 Å². The zero-order valence-corrected chi connectivity index (χ0v) is 20.2. The smallest absolute Gasteiger partial charge is 0.280 e. The molecule has 0 radical (unpaired) electrons. The number of nitrogens with one attached hydrogen (secondary N) is 2. The van der Waals surface area contributed by atoms with E-state index in [1.807, 2.05) is 54.6 Å².